The number of rotatable bonds is 5. The molecule has 0 spiro atoms. The molecule has 0 saturated carbocycles. The molecule has 1 aliphatic heterocycles. The van der Waals surface area contributed by atoms with Gasteiger partial charge in [-0.1, -0.05) is 0 Å². The highest BCUT2D eigenvalue weighted by atomic mass is 32.2. The normalized spacial score (nSPS) is 18.2. The Balaban J connectivity index is 1.54. The average Bonchev–Trinajstić information content (AvgIpc) is 3.13. The van der Waals surface area contributed by atoms with Crippen LogP contribution in [-0.2, 0) is 19.4 Å². The van der Waals surface area contributed by atoms with E-state index in [0.717, 1.165) is 17.1 Å². The largest absolute Gasteiger partial charge is 0.452 e. The fourth-order valence-electron chi connectivity index (χ4n) is 3.02. The molecule has 1 atom stereocenters. The van der Waals surface area contributed by atoms with Gasteiger partial charge in [-0.15, -0.1) is 0 Å². The molecular formula is C18H21N3O5S. The number of ether oxygens (including phenoxy) is 1. The van der Waals surface area contributed by atoms with Crippen molar-refractivity contribution in [3.63, 3.8) is 0 Å². The Morgan fingerprint density at radius 1 is 1.26 bits per heavy atom. The molecule has 1 aliphatic rings. The van der Waals surface area contributed by atoms with Crippen molar-refractivity contribution in [1.82, 2.24) is 15.1 Å². The van der Waals surface area contributed by atoms with Crippen molar-refractivity contribution in [2.75, 3.05) is 18.1 Å². The van der Waals surface area contributed by atoms with Gasteiger partial charge in [-0.05, 0) is 50.6 Å². The minimum absolute atomic E-state index is 0.0688. The zero-order valence-electron chi connectivity index (χ0n) is 15.1. The second kappa shape index (κ2) is 7.51. The molecular weight excluding hydrogens is 370 g/mol. The second-order valence-electron chi connectivity index (χ2n) is 6.63. The highest BCUT2D eigenvalue weighted by Crippen LogP contribution is 2.14. The summed E-state index contributed by atoms with van der Waals surface area (Å²) in [5.74, 6) is -1.13. The van der Waals surface area contributed by atoms with E-state index in [9.17, 15) is 18.0 Å². The van der Waals surface area contributed by atoms with Crippen LogP contribution in [0.5, 0.6) is 0 Å². The predicted molar refractivity (Wildman–Crippen MR) is 98.5 cm³/mol. The number of hydrogen-bond acceptors (Lipinski definition) is 6. The number of sulfone groups is 1. The molecule has 27 heavy (non-hydrogen) atoms. The van der Waals surface area contributed by atoms with Crippen LogP contribution < -0.4 is 5.32 Å². The molecule has 1 amide bonds. The summed E-state index contributed by atoms with van der Waals surface area (Å²) in [6.45, 7) is 3.40. The summed E-state index contributed by atoms with van der Waals surface area (Å²) in [4.78, 5) is 23.9. The maximum absolute atomic E-state index is 12.1. The number of hydrogen-bond donors (Lipinski definition) is 1. The van der Waals surface area contributed by atoms with Gasteiger partial charge in [0.2, 0.25) is 0 Å². The van der Waals surface area contributed by atoms with Crippen LogP contribution in [0.15, 0.2) is 30.3 Å². The van der Waals surface area contributed by atoms with E-state index >= 15 is 0 Å². The van der Waals surface area contributed by atoms with Gasteiger partial charge in [0.15, 0.2) is 16.4 Å². The molecule has 0 aliphatic carbocycles. The third-order valence-electron chi connectivity index (χ3n) is 4.29. The van der Waals surface area contributed by atoms with E-state index in [0.29, 0.717) is 12.0 Å². The second-order valence-corrected chi connectivity index (χ2v) is 8.86. The fourth-order valence-corrected chi connectivity index (χ4v) is 4.69. The molecule has 1 fully saturated rings. The van der Waals surface area contributed by atoms with Gasteiger partial charge in [-0.3, -0.25) is 4.79 Å². The quantitative estimate of drug-likeness (QED) is 0.761. The summed E-state index contributed by atoms with van der Waals surface area (Å²) >= 11 is 0. The van der Waals surface area contributed by atoms with Crippen LogP contribution in [0.3, 0.4) is 0 Å². The van der Waals surface area contributed by atoms with Crippen LogP contribution in [0.1, 0.15) is 28.2 Å². The van der Waals surface area contributed by atoms with Crippen molar-refractivity contribution >= 4 is 21.7 Å². The molecule has 1 N–H and O–H groups in total. The lowest BCUT2D eigenvalue weighted by Crippen LogP contribution is -2.38. The van der Waals surface area contributed by atoms with Crippen LogP contribution in [0.2, 0.25) is 0 Å². The zero-order chi connectivity index (χ0) is 19.6. The van der Waals surface area contributed by atoms with E-state index in [1.54, 1.807) is 28.9 Å². The third-order valence-corrected chi connectivity index (χ3v) is 6.06. The maximum atomic E-state index is 12.1. The first-order valence-corrected chi connectivity index (χ1v) is 10.4. The number of esters is 1. The predicted octanol–water partition coefficient (Wildman–Crippen LogP) is 0.949. The number of amides is 1. The Hall–Kier alpha value is -2.68. The maximum Gasteiger partial charge on any atom is 0.338 e. The van der Waals surface area contributed by atoms with Crippen LogP contribution >= 0.6 is 0 Å². The van der Waals surface area contributed by atoms with Crippen molar-refractivity contribution in [2.24, 2.45) is 0 Å². The van der Waals surface area contributed by atoms with Crippen molar-refractivity contribution in [3.8, 4) is 5.69 Å². The molecule has 144 valence electrons. The van der Waals surface area contributed by atoms with E-state index in [-0.39, 0.29) is 11.5 Å². The van der Waals surface area contributed by atoms with E-state index in [1.165, 1.54) is 0 Å². The summed E-state index contributed by atoms with van der Waals surface area (Å²) < 4.78 is 29.5. The number of nitrogens with one attached hydrogen (secondary N) is 1. The zero-order valence-corrected chi connectivity index (χ0v) is 16.0. The Labute approximate surface area is 157 Å². The minimum Gasteiger partial charge on any atom is -0.452 e. The summed E-state index contributed by atoms with van der Waals surface area (Å²) in [5.41, 5.74) is 3.01. The minimum atomic E-state index is -3.07. The monoisotopic (exact) mass is 391 g/mol. The van der Waals surface area contributed by atoms with Gasteiger partial charge >= 0.3 is 5.97 Å². The molecule has 1 aromatic carbocycles. The summed E-state index contributed by atoms with van der Waals surface area (Å²) in [7, 11) is -3.07. The summed E-state index contributed by atoms with van der Waals surface area (Å²) in [6.07, 6.45) is 0.385. The number of aromatic nitrogens is 2. The van der Waals surface area contributed by atoms with E-state index in [2.05, 4.69) is 10.4 Å². The van der Waals surface area contributed by atoms with Gasteiger partial charge in [-0.2, -0.15) is 5.10 Å². The van der Waals surface area contributed by atoms with Crippen molar-refractivity contribution in [1.29, 1.82) is 0 Å². The molecule has 0 radical (unpaired) electrons. The number of benzene rings is 1. The topological polar surface area (TPSA) is 107 Å². The van der Waals surface area contributed by atoms with Crippen LogP contribution in [-0.4, -0.2) is 54.2 Å². The molecule has 9 heteroatoms. The first-order valence-electron chi connectivity index (χ1n) is 8.54. The Morgan fingerprint density at radius 3 is 2.52 bits per heavy atom. The SMILES string of the molecule is Cc1cc(C)n(-c2ccc(C(=O)OCC(=O)N[C@@H]3CCS(=O)(=O)C3)cc2)n1. The summed E-state index contributed by atoms with van der Waals surface area (Å²) in [6, 6.07) is 8.25. The number of aryl methyl sites for hydroxylation is 2. The third kappa shape index (κ3) is 4.73. The lowest BCUT2D eigenvalue weighted by molar-refractivity contribution is -0.124. The smallest absolute Gasteiger partial charge is 0.338 e. The van der Waals surface area contributed by atoms with Gasteiger partial charge in [0.05, 0.1) is 28.5 Å². The molecule has 3 rings (SSSR count). The van der Waals surface area contributed by atoms with E-state index in [4.69, 9.17) is 4.74 Å². The Morgan fingerprint density at radius 2 is 1.96 bits per heavy atom. The lowest BCUT2D eigenvalue weighted by Gasteiger charge is -2.11. The molecule has 0 bridgehead atoms. The van der Waals surface area contributed by atoms with Crippen molar-refractivity contribution in [2.45, 2.75) is 26.3 Å². The number of carbonyl (C=O) groups is 2. The van der Waals surface area contributed by atoms with Gasteiger partial charge < -0.3 is 10.1 Å². The first-order chi connectivity index (χ1) is 12.7. The van der Waals surface area contributed by atoms with Gasteiger partial charge in [0, 0.05) is 11.7 Å². The summed E-state index contributed by atoms with van der Waals surface area (Å²) in [5, 5.41) is 6.95. The Bertz CT molecular complexity index is 963. The van der Waals surface area contributed by atoms with Crippen LogP contribution in [0, 0.1) is 13.8 Å². The highest BCUT2D eigenvalue weighted by molar-refractivity contribution is 7.91. The highest BCUT2D eigenvalue weighted by Gasteiger charge is 2.29. The number of nitrogens with zero attached hydrogens (tertiary/aromatic N) is 2. The lowest BCUT2D eigenvalue weighted by atomic mass is 10.2. The van der Waals surface area contributed by atoms with Crippen LogP contribution in [0.4, 0.5) is 0 Å². The van der Waals surface area contributed by atoms with Gasteiger partial charge in [0.1, 0.15) is 0 Å². The molecule has 0 unspecified atom stereocenters. The number of carbonyl (C=O) groups excluding carboxylic acids is 2. The average molecular weight is 391 g/mol. The van der Waals surface area contributed by atoms with Crippen molar-refractivity contribution < 1.29 is 22.7 Å². The molecule has 2 heterocycles. The molecule has 1 aromatic heterocycles. The fraction of sp³-hybridized carbons (Fsp3) is 0.389. The first kappa shape index (κ1) is 19.1. The van der Waals surface area contributed by atoms with Gasteiger partial charge in [0.25, 0.3) is 5.91 Å². The molecule has 1 saturated heterocycles. The van der Waals surface area contributed by atoms with Gasteiger partial charge in [-0.25, -0.2) is 17.9 Å². The van der Waals surface area contributed by atoms with Crippen LogP contribution in [0.25, 0.3) is 5.69 Å². The molecule has 2 aromatic rings. The van der Waals surface area contributed by atoms with E-state index < -0.39 is 34.4 Å². The van der Waals surface area contributed by atoms with E-state index in [1.807, 2.05) is 19.9 Å². The Kier molecular flexibility index (Phi) is 5.31. The van der Waals surface area contributed by atoms with Crippen molar-refractivity contribution in [3.05, 3.63) is 47.3 Å². The standard InChI is InChI=1S/C18H21N3O5S/c1-12-9-13(2)21(20-12)16-5-3-14(4-6-16)18(23)26-10-17(22)19-15-7-8-27(24,25)11-15/h3-6,9,15H,7-8,10-11H2,1-2H3,(H,19,22)/t15-/m1/s1. The molecule has 8 nitrogen and oxygen atoms in total.